The number of rotatable bonds is 7. The van der Waals surface area contributed by atoms with Crippen LogP contribution in [0.3, 0.4) is 0 Å². The van der Waals surface area contributed by atoms with Crippen LogP contribution in [-0.4, -0.2) is 15.1 Å². The average molecular weight is 464 g/mol. The Morgan fingerprint density at radius 2 is 1.69 bits per heavy atom. The van der Waals surface area contributed by atoms with Crippen molar-refractivity contribution >= 4 is 0 Å². The molecule has 176 valence electrons. The van der Waals surface area contributed by atoms with Gasteiger partial charge in [-0.05, 0) is 79.3 Å². The first-order valence-corrected chi connectivity index (χ1v) is 12.9. The minimum atomic E-state index is 0.0669. The van der Waals surface area contributed by atoms with Gasteiger partial charge in [-0.2, -0.15) is 4.98 Å². The largest absolute Gasteiger partial charge is 0.487 e. The molecule has 2 heterocycles. The van der Waals surface area contributed by atoms with E-state index >= 15 is 0 Å². The summed E-state index contributed by atoms with van der Waals surface area (Å²) in [7, 11) is 0. The molecule has 3 aliphatic rings. The van der Waals surface area contributed by atoms with E-state index in [2.05, 4.69) is 63.7 Å². The van der Waals surface area contributed by atoms with Gasteiger partial charge in [-0.25, -0.2) is 0 Å². The van der Waals surface area contributed by atoms with Gasteiger partial charge in [0, 0.05) is 23.1 Å². The number of aromatic nitrogens is 3. The first-order valence-electron chi connectivity index (χ1n) is 12.9. The predicted octanol–water partition coefficient (Wildman–Crippen LogP) is 6.69. The summed E-state index contributed by atoms with van der Waals surface area (Å²) in [5, 5.41) is 4.23. The van der Waals surface area contributed by atoms with Crippen LogP contribution in [0.5, 0.6) is 5.75 Å². The number of nitrogens with zero attached hydrogens (tertiary/aromatic N) is 3. The van der Waals surface area contributed by atoms with Crippen molar-refractivity contribution in [2.75, 3.05) is 0 Å². The van der Waals surface area contributed by atoms with E-state index in [1.54, 1.807) is 6.20 Å². The Hall–Kier alpha value is -3.47. The molecular weight excluding hydrogens is 434 g/mol. The standard InChI is InChI=1S/C30H29N3O2/c1-2-16-31-26(3-1)19-34-27-14-12-24(13-15-27)30(18-20-4-9-25(30)17-20)23-10-7-21(8-11-23)28-32-29(35-33-28)22-5-6-22/h1-3,7-8,10-16,20,22,25H,4-6,9,17-19H2. The lowest BCUT2D eigenvalue weighted by Crippen LogP contribution is -2.34. The molecule has 5 heteroatoms. The van der Waals surface area contributed by atoms with Crippen LogP contribution in [0.15, 0.2) is 77.4 Å². The van der Waals surface area contributed by atoms with E-state index in [0.717, 1.165) is 28.8 Å². The molecule has 0 spiro atoms. The quantitative estimate of drug-likeness (QED) is 0.305. The molecule has 0 amide bonds. The summed E-state index contributed by atoms with van der Waals surface area (Å²) < 4.78 is 11.5. The molecule has 0 N–H and O–H groups in total. The van der Waals surface area contributed by atoms with Gasteiger partial charge in [0.1, 0.15) is 12.4 Å². The second kappa shape index (κ2) is 8.33. The molecule has 35 heavy (non-hydrogen) atoms. The van der Waals surface area contributed by atoms with Crippen molar-refractivity contribution in [3.8, 4) is 17.1 Å². The first kappa shape index (κ1) is 20.9. The molecule has 2 aromatic carbocycles. The van der Waals surface area contributed by atoms with Crippen LogP contribution < -0.4 is 4.74 Å². The fraction of sp³-hybridized carbons (Fsp3) is 0.367. The summed E-state index contributed by atoms with van der Waals surface area (Å²) in [6.07, 6.45) is 9.35. The van der Waals surface area contributed by atoms with Gasteiger partial charge in [0.25, 0.3) is 0 Å². The van der Waals surface area contributed by atoms with Gasteiger partial charge < -0.3 is 9.26 Å². The Morgan fingerprint density at radius 3 is 2.34 bits per heavy atom. The monoisotopic (exact) mass is 463 g/mol. The average Bonchev–Trinajstić information content (AvgIpc) is 3.31. The Labute approximate surface area is 205 Å². The van der Waals surface area contributed by atoms with E-state index in [-0.39, 0.29) is 5.41 Å². The summed E-state index contributed by atoms with van der Waals surface area (Å²) in [4.78, 5) is 8.99. The normalized spacial score (nSPS) is 25.1. The van der Waals surface area contributed by atoms with Crippen molar-refractivity contribution in [2.45, 2.75) is 56.5 Å². The lowest BCUT2D eigenvalue weighted by Gasteiger charge is -2.39. The van der Waals surface area contributed by atoms with E-state index in [1.807, 2.05) is 18.2 Å². The van der Waals surface area contributed by atoms with Crippen molar-refractivity contribution in [2.24, 2.45) is 11.8 Å². The minimum absolute atomic E-state index is 0.0669. The van der Waals surface area contributed by atoms with Gasteiger partial charge in [0.15, 0.2) is 0 Å². The van der Waals surface area contributed by atoms with Crippen LogP contribution >= 0.6 is 0 Å². The zero-order chi connectivity index (χ0) is 23.2. The van der Waals surface area contributed by atoms with E-state index in [9.17, 15) is 0 Å². The van der Waals surface area contributed by atoms with Crippen LogP contribution in [0.25, 0.3) is 11.4 Å². The van der Waals surface area contributed by atoms with E-state index < -0.39 is 0 Å². The molecule has 0 radical (unpaired) electrons. The van der Waals surface area contributed by atoms with E-state index in [0.29, 0.717) is 24.3 Å². The van der Waals surface area contributed by atoms with Gasteiger partial charge in [0.05, 0.1) is 5.69 Å². The van der Waals surface area contributed by atoms with Gasteiger partial charge in [-0.3, -0.25) is 4.98 Å². The van der Waals surface area contributed by atoms with Crippen molar-refractivity contribution < 1.29 is 9.26 Å². The molecule has 5 nitrogen and oxygen atoms in total. The summed E-state index contributed by atoms with van der Waals surface area (Å²) in [6, 6.07) is 23.7. The summed E-state index contributed by atoms with van der Waals surface area (Å²) >= 11 is 0. The topological polar surface area (TPSA) is 61.0 Å². The number of pyridine rings is 1. The highest BCUT2D eigenvalue weighted by Crippen LogP contribution is 2.60. The summed E-state index contributed by atoms with van der Waals surface area (Å²) in [5.74, 6) is 4.36. The Morgan fingerprint density at radius 1 is 0.886 bits per heavy atom. The van der Waals surface area contributed by atoms with Gasteiger partial charge >= 0.3 is 0 Å². The van der Waals surface area contributed by atoms with Crippen LogP contribution in [-0.2, 0) is 12.0 Å². The number of ether oxygens (including phenoxy) is 1. The fourth-order valence-corrected chi connectivity index (χ4v) is 6.46. The third-order valence-electron chi connectivity index (χ3n) is 8.36. The smallest absolute Gasteiger partial charge is 0.230 e. The Balaban J connectivity index is 1.16. The van der Waals surface area contributed by atoms with Crippen LogP contribution in [0.1, 0.15) is 67.2 Å². The molecule has 2 aromatic heterocycles. The first-order chi connectivity index (χ1) is 17.3. The number of fused-ring (bicyclic) bond motifs is 2. The molecule has 7 rings (SSSR count). The molecule has 3 unspecified atom stereocenters. The zero-order valence-corrected chi connectivity index (χ0v) is 19.8. The molecular formula is C30H29N3O2. The molecule has 4 aromatic rings. The maximum Gasteiger partial charge on any atom is 0.230 e. The molecule has 0 aliphatic heterocycles. The molecule has 3 fully saturated rings. The molecule has 0 saturated heterocycles. The van der Waals surface area contributed by atoms with E-state index in [1.165, 1.54) is 49.7 Å². The maximum atomic E-state index is 6.01. The molecule has 2 bridgehead atoms. The molecule has 3 aliphatic carbocycles. The molecule has 3 atom stereocenters. The van der Waals surface area contributed by atoms with Crippen LogP contribution in [0.2, 0.25) is 0 Å². The lowest BCUT2D eigenvalue weighted by molar-refractivity contribution is 0.299. The van der Waals surface area contributed by atoms with Crippen LogP contribution in [0, 0.1) is 11.8 Å². The third kappa shape index (κ3) is 3.74. The van der Waals surface area contributed by atoms with Gasteiger partial charge in [-0.15, -0.1) is 0 Å². The van der Waals surface area contributed by atoms with Crippen LogP contribution in [0.4, 0.5) is 0 Å². The maximum absolute atomic E-state index is 6.01. The van der Waals surface area contributed by atoms with Gasteiger partial charge in [-0.1, -0.05) is 54.0 Å². The predicted molar refractivity (Wildman–Crippen MR) is 133 cm³/mol. The SMILES string of the molecule is c1ccc(COc2ccc(C3(c4ccc(-c5noc(C6CC6)n5)cc4)CC4CCC3C4)cc2)nc1. The number of hydrogen-bond acceptors (Lipinski definition) is 5. The number of hydrogen-bond donors (Lipinski definition) is 0. The second-order valence-electron chi connectivity index (χ2n) is 10.5. The molecule has 3 saturated carbocycles. The second-order valence-corrected chi connectivity index (χ2v) is 10.5. The third-order valence-corrected chi connectivity index (χ3v) is 8.36. The fourth-order valence-electron chi connectivity index (χ4n) is 6.46. The lowest BCUT2D eigenvalue weighted by atomic mass is 9.64. The minimum Gasteiger partial charge on any atom is -0.487 e. The zero-order valence-electron chi connectivity index (χ0n) is 19.8. The van der Waals surface area contributed by atoms with E-state index in [4.69, 9.17) is 9.26 Å². The van der Waals surface area contributed by atoms with Crippen molar-refractivity contribution in [1.29, 1.82) is 0 Å². The highest BCUT2D eigenvalue weighted by Gasteiger charge is 2.52. The van der Waals surface area contributed by atoms with Crippen molar-refractivity contribution in [3.05, 3.63) is 95.6 Å². The highest BCUT2D eigenvalue weighted by atomic mass is 16.5. The number of benzene rings is 2. The summed E-state index contributed by atoms with van der Waals surface area (Å²) in [6.45, 7) is 0.482. The van der Waals surface area contributed by atoms with Crippen molar-refractivity contribution in [1.82, 2.24) is 15.1 Å². The summed E-state index contributed by atoms with van der Waals surface area (Å²) in [5.41, 5.74) is 4.84. The van der Waals surface area contributed by atoms with Crippen molar-refractivity contribution in [3.63, 3.8) is 0 Å². The highest BCUT2D eigenvalue weighted by molar-refractivity contribution is 5.57. The Kier molecular flexibility index (Phi) is 4.97. The Bertz CT molecular complexity index is 1310. The van der Waals surface area contributed by atoms with Gasteiger partial charge in [0.2, 0.25) is 11.7 Å².